The lowest BCUT2D eigenvalue weighted by Crippen LogP contribution is -3.00. The number of likely N-dealkylation sites (N-methyl/N-ethyl adjacent to an activating group) is 1. The first-order valence-electron chi connectivity index (χ1n) is 19.7. The molecule has 0 fully saturated rings. The first-order valence-corrected chi connectivity index (χ1v) is 19.7. The molecule has 0 saturated carbocycles. The predicted octanol–water partition coefficient (Wildman–Crippen LogP) is 6.31. The fourth-order valence-electron chi connectivity index (χ4n) is 7.17. The van der Waals surface area contributed by atoms with E-state index in [9.17, 15) is 0 Å². The topological polar surface area (TPSA) is 9.23 Å². The van der Waals surface area contributed by atoms with Crippen LogP contribution in [0.15, 0.2) is 60.7 Å². The van der Waals surface area contributed by atoms with Gasteiger partial charge in [-0.15, -0.1) is 0 Å². The number of rotatable bonds is 25. The van der Waals surface area contributed by atoms with Crippen LogP contribution in [0.2, 0.25) is 0 Å². The molecule has 286 valence electrons. The van der Waals surface area contributed by atoms with Gasteiger partial charge in [-0.1, -0.05) is 160 Å². The van der Waals surface area contributed by atoms with Gasteiger partial charge in [0.05, 0.1) is 41.8 Å². The van der Waals surface area contributed by atoms with E-state index in [1.165, 1.54) is 115 Å². The van der Waals surface area contributed by atoms with Crippen LogP contribution in [-0.2, 0) is 5.54 Å². The second-order valence-corrected chi connectivity index (χ2v) is 16.8. The maximum absolute atomic E-state index is 6.07. The maximum atomic E-state index is 6.07. The Morgan fingerprint density at radius 1 is 0.551 bits per heavy atom. The normalized spacial score (nSPS) is 11.8. The van der Waals surface area contributed by atoms with Gasteiger partial charge in [0.25, 0.3) is 0 Å². The number of ether oxygens (including phenoxy) is 1. The summed E-state index contributed by atoms with van der Waals surface area (Å²) in [6.45, 7) is 14.7. The lowest BCUT2D eigenvalue weighted by molar-refractivity contribution is -0.952. The van der Waals surface area contributed by atoms with E-state index in [0.29, 0.717) is 11.8 Å². The number of halogens is 2. The van der Waals surface area contributed by atoms with Gasteiger partial charge in [0.2, 0.25) is 0 Å². The Hall–Kier alpha value is -1.07. The molecule has 5 heteroatoms. The zero-order chi connectivity index (χ0) is 35.0. The summed E-state index contributed by atoms with van der Waals surface area (Å²) in [5, 5.41) is 0. The van der Waals surface area contributed by atoms with E-state index in [-0.39, 0.29) is 34.9 Å². The Bertz CT molecular complexity index is 981. The molecule has 49 heavy (non-hydrogen) atoms. The molecular weight excluding hydrogens is 688 g/mol. The Morgan fingerprint density at radius 3 is 1.33 bits per heavy atom. The molecule has 3 nitrogen and oxygen atoms in total. The van der Waals surface area contributed by atoms with Gasteiger partial charge in [-0.05, 0) is 36.8 Å². The number of benzene rings is 2. The van der Waals surface area contributed by atoms with Crippen LogP contribution in [0.5, 0.6) is 5.75 Å². The number of unbranched alkanes of at least 4 members (excludes halogenated alkanes) is 13. The minimum Gasteiger partial charge on any atom is -1.00 e. The summed E-state index contributed by atoms with van der Waals surface area (Å²) >= 11 is 0. The molecule has 0 unspecified atom stereocenters. The highest BCUT2D eigenvalue weighted by atomic mass is 79.9. The monoisotopic (exact) mass is 767 g/mol. The molecule has 0 aliphatic heterocycles. The van der Waals surface area contributed by atoms with Crippen LogP contribution < -0.4 is 34.1 Å². The van der Waals surface area contributed by atoms with Gasteiger partial charge in [0.15, 0.2) is 0 Å². The summed E-state index contributed by atoms with van der Waals surface area (Å²) in [6, 6.07) is 21.3. The summed E-state index contributed by atoms with van der Waals surface area (Å²) in [5.74, 6) is 2.23. The average Bonchev–Trinajstić information content (AvgIpc) is 3.01. The first kappa shape index (κ1) is 50.0. The van der Waals surface area contributed by atoms with Gasteiger partial charge in [-0.2, -0.15) is 0 Å². The number of hydrogen-bond donors (Lipinski definition) is 0. The standard InChI is InChI=1S/C25H38NO.C19H42N.BrH.ClH/c1-21(2)19-25(20-22(3)4,23-13-9-7-10-14-23)26(5,6)17-18-27-24-15-11-8-12-16-24;1-5-6-7-8-9-10-11-12-13-14-15-16-17-18-19-20(2,3)4;;/h7-16,21-22H,17-20H2,1-6H3;5-19H2,1-4H3;2*1H/q2*+1;;/p-2. The zero-order valence-electron chi connectivity index (χ0n) is 33.9. The molecule has 2 rings (SSSR count). The van der Waals surface area contributed by atoms with E-state index < -0.39 is 0 Å². The average molecular weight is 768 g/mol. The molecule has 0 radical (unpaired) electrons. The molecule has 0 aliphatic carbocycles. The zero-order valence-corrected chi connectivity index (χ0v) is 36.3. The van der Waals surface area contributed by atoms with Gasteiger partial charge < -0.3 is 43.1 Å². The second kappa shape index (κ2) is 28.5. The molecule has 0 aliphatic rings. The smallest absolute Gasteiger partial charge is 0.137 e. The van der Waals surface area contributed by atoms with Crippen LogP contribution in [0.25, 0.3) is 0 Å². The number of quaternary nitrogens is 2. The van der Waals surface area contributed by atoms with Gasteiger partial charge in [0, 0.05) is 18.4 Å². The van der Waals surface area contributed by atoms with Crippen molar-refractivity contribution in [2.75, 3.05) is 54.9 Å². The molecule has 0 saturated heterocycles. The maximum Gasteiger partial charge on any atom is 0.137 e. The van der Waals surface area contributed by atoms with Crippen molar-refractivity contribution in [1.82, 2.24) is 0 Å². The minimum absolute atomic E-state index is 0. The fraction of sp³-hybridized carbons (Fsp3) is 0.727. The van der Waals surface area contributed by atoms with Crippen molar-refractivity contribution in [3.8, 4) is 5.75 Å². The molecule has 0 heterocycles. The van der Waals surface area contributed by atoms with Gasteiger partial charge in [-0.25, -0.2) is 0 Å². The molecule has 0 aromatic heterocycles. The third-order valence-corrected chi connectivity index (χ3v) is 9.81. The number of nitrogens with zero attached hydrogens (tertiary/aromatic N) is 2. The van der Waals surface area contributed by atoms with Crippen molar-refractivity contribution in [1.29, 1.82) is 0 Å². The molecule has 0 atom stereocenters. The van der Waals surface area contributed by atoms with Crippen LogP contribution in [0.4, 0.5) is 0 Å². The van der Waals surface area contributed by atoms with Crippen LogP contribution in [0, 0.1) is 11.8 Å². The summed E-state index contributed by atoms with van der Waals surface area (Å²) < 4.78 is 8.12. The van der Waals surface area contributed by atoms with Crippen molar-refractivity contribution in [3.05, 3.63) is 66.2 Å². The Kier molecular flexibility index (Phi) is 29.1. The van der Waals surface area contributed by atoms with Gasteiger partial charge >= 0.3 is 0 Å². The van der Waals surface area contributed by atoms with Crippen LogP contribution in [0.1, 0.15) is 143 Å². The van der Waals surface area contributed by atoms with E-state index in [1.807, 2.05) is 30.3 Å². The summed E-state index contributed by atoms with van der Waals surface area (Å²) in [4.78, 5) is 0. The Morgan fingerprint density at radius 2 is 0.939 bits per heavy atom. The second-order valence-electron chi connectivity index (χ2n) is 16.8. The molecule has 2 aromatic carbocycles. The third-order valence-electron chi connectivity index (χ3n) is 9.81. The molecule has 2 aromatic rings. The highest BCUT2D eigenvalue weighted by molar-refractivity contribution is 5.23. The number of para-hydroxylation sites is 1. The molecule has 0 bridgehead atoms. The minimum atomic E-state index is 0. The summed E-state index contributed by atoms with van der Waals surface area (Å²) in [6.07, 6.45) is 22.7. The Labute approximate surface area is 323 Å². The molecule has 0 N–H and O–H groups in total. The first-order chi connectivity index (χ1) is 22.3. The van der Waals surface area contributed by atoms with Crippen LogP contribution in [-0.4, -0.2) is 63.9 Å². The molecule has 0 amide bonds. The predicted molar refractivity (Wildman–Crippen MR) is 209 cm³/mol. The van der Waals surface area contributed by atoms with Crippen molar-refractivity contribution < 1.29 is 43.1 Å². The van der Waals surface area contributed by atoms with E-state index in [0.717, 1.165) is 27.9 Å². The third kappa shape index (κ3) is 23.2. The molecular formula is C44H80BrClN2O. The molecule has 0 spiro atoms. The fourth-order valence-corrected chi connectivity index (χ4v) is 7.17. The van der Waals surface area contributed by atoms with Crippen molar-refractivity contribution >= 4 is 0 Å². The van der Waals surface area contributed by atoms with Gasteiger partial charge in [-0.3, -0.25) is 0 Å². The lowest BCUT2D eigenvalue weighted by Gasteiger charge is -2.51. The highest BCUT2D eigenvalue weighted by Crippen LogP contribution is 2.43. The van der Waals surface area contributed by atoms with E-state index >= 15 is 0 Å². The summed E-state index contributed by atoms with van der Waals surface area (Å²) in [7, 11) is 11.6. The summed E-state index contributed by atoms with van der Waals surface area (Å²) in [5.41, 5.74) is 1.54. The largest absolute Gasteiger partial charge is 1.00 e. The Balaban J connectivity index is 0. The lowest BCUT2D eigenvalue weighted by atomic mass is 9.74. The SMILES string of the molecule is CC(C)CC(CC(C)C)(c1ccccc1)[N+](C)(C)CCOc1ccccc1.CCCCCCCCCCCCCCCC[N+](C)(C)C.[Br-].[Cl-]. The van der Waals surface area contributed by atoms with E-state index in [4.69, 9.17) is 4.74 Å². The number of hydrogen-bond acceptors (Lipinski definition) is 1. The van der Waals surface area contributed by atoms with Crippen molar-refractivity contribution in [3.63, 3.8) is 0 Å². The van der Waals surface area contributed by atoms with Crippen molar-refractivity contribution in [2.24, 2.45) is 11.8 Å². The van der Waals surface area contributed by atoms with Crippen molar-refractivity contribution in [2.45, 2.75) is 143 Å². The van der Waals surface area contributed by atoms with E-state index in [1.54, 1.807) is 0 Å². The van der Waals surface area contributed by atoms with E-state index in [2.05, 4.69) is 100 Å². The van der Waals surface area contributed by atoms with Crippen LogP contribution >= 0.6 is 0 Å². The van der Waals surface area contributed by atoms with Gasteiger partial charge in [0.1, 0.15) is 24.4 Å². The quantitative estimate of drug-likeness (QED) is 0.0851. The highest BCUT2D eigenvalue weighted by Gasteiger charge is 2.47. The van der Waals surface area contributed by atoms with Crippen LogP contribution in [0.3, 0.4) is 0 Å².